The lowest BCUT2D eigenvalue weighted by Gasteiger charge is -2.35. The minimum atomic E-state index is -4.11. The third-order valence-corrected chi connectivity index (χ3v) is 7.80. The van der Waals surface area contributed by atoms with Gasteiger partial charge in [0.05, 0.1) is 16.1 Å². The molecule has 2 amide bonds. The molecule has 0 aromatic heterocycles. The molecule has 2 N–H and O–H groups in total. The van der Waals surface area contributed by atoms with Crippen molar-refractivity contribution in [2.45, 2.75) is 56.5 Å². The molecule has 0 unspecified atom stereocenters. The van der Waals surface area contributed by atoms with Crippen LogP contribution in [0.2, 0.25) is 5.02 Å². The molecule has 0 atom stereocenters. The van der Waals surface area contributed by atoms with Crippen molar-refractivity contribution in [2.24, 2.45) is 5.14 Å². The molecule has 10 heteroatoms. The molecule has 2 aliphatic rings. The van der Waals surface area contributed by atoms with Gasteiger partial charge in [0.15, 0.2) is 0 Å². The third-order valence-electron chi connectivity index (χ3n) is 6.43. The van der Waals surface area contributed by atoms with Crippen LogP contribution in [0.3, 0.4) is 0 Å². The van der Waals surface area contributed by atoms with Gasteiger partial charge in [-0.3, -0.25) is 19.4 Å². The molecule has 0 saturated carbocycles. The van der Waals surface area contributed by atoms with E-state index in [2.05, 4.69) is 49.9 Å². The zero-order chi connectivity index (χ0) is 24.1. The molecule has 0 bridgehead atoms. The van der Waals surface area contributed by atoms with Crippen LogP contribution < -0.4 is 5.14 Å². The number of nitrogens with zero attached hydrogens (tertiary/aromatic N) is 2. The number of imide groups is 1. The van der Waals surface area contributed by atoms with Gasteiger partial charge in [0, 0.05) is 25.7 Å². The van der Waals surface area contributed by atoms with Crippen LogP contribution in [-0.2, 0) is 22.0 Å². The predicted octanol–water partition coefficient (Wildman–Crippen LogP) is 3.97. The maximum absolute atomic E-state index is 13.0. The maximum atomic E-state index is 13.0. The van der Waals surface area contributed by atoms with Crippen molar-refractivity contribution in [3.05, 3.63) is 63.7 Å². The number of primary sulfonamides is 1. The van der Waals surface area contributed by atoms with E-state index >= 15 is 0 Å². The van der Waals surface area contributed by atoms with Gasteiger partial charge in [-0.1, -0.05) is 56.6 Å². The number of piperidine rings is 1. The molecule has 2 aromatic carbocycles. The number of fused-ring (bicyclic) bond motifs is 1. The molecule has 2 aromatic rings. The average molecular weight is 526 g/mol. The first-order valence-electron chi connectivity index (χ1n) is 10.9. The highest BCUT2D eigenvalue weighted by Crippen LogP contribution is 2.34. The Bertz CT molecular complexity index is 1220. The quantitative estimate of drug-likeness (QED) is 0.608. The van der Waals surface area contributed by atoms with Crippen LogP contribution in [0.5, 0.6) is 0 Å². The number of halogens is 2. The van der Waals surface area contributed by atoms with Crippen LogP contribution in [0.4, 0.5) is 0 Å². The van der Waals surface area contributed by atoms with Gasteiger partial charge in [-0.05, 0) is 41.5 Å². The first kappa shape index (κ1) is 26.6. The van der Waals surface area contributed by atoms with Crippen molar-refractivity contribution < 1.29 is 18.0 Å². The lowest BCUT2D eigenvalue weighted by molar-refractivity contribution is 0.0497. The first-order chi connectivity index (χ1) is 15.4. The lowest BCUT2D eigenvalue weighted by Crippen LogP contribution is -2.47. The van der Waals surface area contributed by atoms with Gasteiger partial charge in [-0.25, -0.2) is 13.6 Å². The largest absolute Gasteiger partial charge is 0.299 e. The van der Waals surface area contributed by atoms with Crippen molar-refractivity contribution in [3.8, 4) is 0 Å². The van der Waals surface area contributed by atoms with E-state index in [9.17, 15) is 18.0 Å². The van der Waals surface area contributed by atoms with Crippen LogP contribution in [0.1, 0.15) is 65.5 Å². The van der Waals surface area contributed by atoms with E-state index in [1.807, 2.05) is 0 Å². The summed E-state index contributed by atoms with van der Waals surface area (Å²) < 4.78 is 23.5. The minimum absolute atomic E-state index is 0. The summed E-state index contributed by atoms with van der Waals surface area (Å²) >= 11 is 6.02. The zero-order valence-corrected chi connectivity index (χ0v) is 21.8. The van der Waals surface area contributed by atoms with Crippen molar-refractivity contribution in [1.29, 1.82) is 0 Å². The number of carbonyl (C=O) groups is 2. The summed E-state index contributed by atoms with van der Waals surface area (Å²) in [5.41, 5.74) is 2.80. The molecule has 2 aliphatic heterocycles. The van der Waals surface area contributed by atoms with E-state index in [4.69, 9.17) is 16.7 Å². The van der Waals surface area contributed by atoms with Gasteiger partial charge in [-0.2, -0.15) is 0 Å². The van der Waals surface area contributed by atoms with Crippen molar-refractivity contribution in [1.82, 2.24) is 9.80 Å². The molecule has 1 saturated heterocycles. The summed E-state index contributed by atoms with van der Waals surface area (Å²) in [6, 6.07) is 10.8. The molecule has 0 radical (unpaired) electrons. The van der Waals surface area contributed by atoms with E-state index in [-0.39, 0.29) is 44.9 Å². The Balaban J connectivity index is 0.00000324. The Morgan fingerprint density at radius 1 is 1.00 bits per heavy atom. The SMILES string of the molecule is CC(C)(C)c1ccc(CN2CCC(N3C(=O)c4cc(Cl)c(S(N)(=O)=O)cc4C3=O)CC2)cc1.Cl. The van der Waals surface area contributed by atoms with E-state index < -0.39 is 21.8 Å². The monoisotopic (exact) mass is 525 g/mol. The van der Waals surface area contributed by atoms with Crippen LogP contribution >= 0.6 is 24.0 Å². The molecule has 2 heterocycles. The Kier molecular flexibility index (Phi) is 7.51. The fourth-order valence-corrected chi connectivity index (χ4v) is 5.61. The van der Waals surface area contributed by atoms with Gasteiger partial charge in [0.1, 0.15) is 4.90 Å². The summed E-state index contributed by atoms with van der Waals surface area (Å²) in [6.45, 7) is 8.89. The first-order valence-corrected chi connectivity index (χ1v) is 12.8. The molecular weight excluding hydrogens is 497 g/mol. The number of rotatable bonds is 4. The number of carbonyl (C=O) groups excluding carboxylic acids is 2. The number of sulfonamides is 1. The van der Waals surface area contributed by atoms with Gasteiger partial charge in [-0.15, -0.1) is 12.4 Å². The number of amides is 2. The maximum Gasteiger partial charge on any atom is 0.261 e. The lowest BCUT2D eigenvalue weighted by atomic mass is 9.86. The second-order valence-electron chi connectivity index (χ2n) is 9.81. The third kappa shape index (κ3) is 5.16. The standard InChI is InChI=1S/C24H28ClN3O4S.ClH/c1-24(2,3)16-6-4-15(5-7-16)14-27-10-8-17(9-11-27)28-22(29)18-12-20(25)21(33(26,31)32)13-19(18)23(28)30;/h4-7,12-13,17H,8-11,14H2,1-3H3,(H2,26,31,32);1H. The second-order valence-corrected chi connectivity index (χ2v) is 11.7. The van der Waals surface area contributed by atoms with Gasteiger partial charge in [0.25, 0.3) is 11.8 Å². The van der Waals surface area contributed by atoms with Crippen LogP contribution in [0.25, 0.3) is 0 Å². The average Bonchev–Trinajstić information content (AvgIpc) is 2.97. The predicted molar refractivity (Wildman–Crippen MR) is 134 cm³/mol. The Morgan fingerprint density at radius 3 is 2.03 bits per heavy atom. The Hall–Kier alpha value is -1.97. The van der Waals surface area contributed by atoms with Crippen molar-refractivity contribution in [3.63, 3.8) is 0 Å². The Labute approximate surface area is 211 Å². The molecule has 7 nitrogen and oxygen atoms in total. The molecular formula is C24H29Cl2N3O4S. The number of nitrogens with two attached hydrogens (primary N) is 1. The summed E-state index contributed by atoms with van der Waals surface area (Å²) in [4.78, 5) is 29.2. The summed E-state index contributed by atoms with van der Waals surface area (Å²) in [7, 11) is -4.11. The number of benzene rings is 2. The van der Waals surface area contributed by atoms with E-state index in [1.54, 1.807) is 0 Å². The highest BCUT2D eigenvalue weighted by Gasteiger charge is 2.42. The number of hydrogen-bond donors (Lipinski definition) is 1. The fourth-order valence-electron chi connectivity index (χ4n) is 4.51. The number of hydrogen-bond acceptors (Lipinski definition) is 5. The van der Waals surface area contributed by atoms with E-state index in [0.29, 0.717) is 12.8 Å². The Morgan fingerprint density at radius 2 is 1.53 bits per heavy atom. The van der Waals surface area contributed by atoms with E-state index in [0.717, 1.165) is 25.7 Å². The molecule has 4 rings (SSSR count). The van der Waals surface area contributed by atoms with Gasteiger partial charge >= 0.3 is 0 Å². The van der Waals surface area contributed by atoms with Crippen LogP contribution in [-0.4, -0.2) is 49.2 Å². The van der Waals surface area contributed by atoms with Crippen LogP contribution in [0.15, 0.2) is 41.3 Å². The number of likely N-dealkylation sites (tertiary alicyclic amines) is 1. The van der Waals surface area contributed by atoms with Crippen molar-refractivity contribution in [2.75, 3.05) is 13.1 Å². The smallest absolute Gasteiger partial charge is 0.261 e. The van der Waals surface area contributed by atoms with Gasteiger partial charge < -0.3 is 0 Å². The molecule has 1 fully saturated rings. The van der Waals surface area contributed by atoms with Gasteiger partial charge in [0.2, 0.25) is 10.0 Å². The molecule has 0 spiro atoms. The van der Waals surface area contributed by atoms with Crippen LogP contribution in [0, 0.1) is 0 Å². The fraction of sp³-hybridized carbons (Fsp3) is 0.417. The summed E-state index contributed by atoms with van der Waals surface area (Å²) in [5, 5.41) is 5.03. The molecule has 184 valence electrons. The summed E-state index contributed by atoms with van der Waals surface area (Å²) in [5.74, 6) is -0.929. The summed E-state index contributed by atoms with van der Waals surface area (Å²) in [6.07, 6.45) is 1.31. The second kappa shape index (κ2) is 9.59. The molecule has 34 heavy (non-hydrogen) atoms. The highest BCUT2D eigenvalue weighted by molar-refractivity contribution is 7.89. The zero-order valence-electron chi connectivity index (χ0n) is 19.4. The highest BCUT2D eigenvalue weighted by atomic mass is 35.5. The minimum Gasteiger partial charge on any atom is -0.299 e. The normalized spacial score (nSPS) is 17.6. The topological polar surface area (TPSA) is 101 Å². The van der Waals surface area contributed by atoms with Crippen molar-refractivity contribution >= 4 is 45.8 Å². The molecule has 0 aliphatic carbocycles. The van der Waals surface area contributed by atoms with E-state index in [1.165, 1.54) is 22.1 Å².